The van der Waals surface area contributed by atoms with Crippen molar-refractivity contribution in [2.45, 2.75) is 26.2 Å². The molecular formula is C24H25FN2O3. The van der Waals surface area contributed by atoms with Crippen molar-refractivity contribution in [1.29, 1.82) is 0 Å². The number of fused-ring (bicyclic) bond motifs is 1. The van der Waals surface area contributed by atoms with Gasteiger partial charge in [0.05, 0.1) is 24.1 Å². The number of carboxylic acid groups (broad SMARTS) is 1. The number of hydrogen-bond donors (Lipinski definition) is 2. The molecule has 1 unspecified atom stereocenters. The van der Waals surface area contributed by atoms with E-state index in [1.807, 2.05) is 32.0 Å². The average Bonchev–Trinajstić information content (AvgIpc) is 2.79. The second-order valence-electron chi connectivity index (χ2n) is 6.70. The number of nitrogens with zero attached hydrogens (tertiary/aromatic N) is 1. The van der Waals surface area contributed by atoms with Crippen molar-refractivity contribution < 1.29 is 19.0 Å². The van der Waals surface area contributed by atoms with E-state index >= 15 is 0 Å². The van der Waals surface area contributed by atoms with Gasteiger partial charge in [0, 0.05) is 18.7 Å². The molecule has 0 bridgehead atoms. The summed E-state index contributed by atoms with van der Waals surface area (Å²) in [5.74, 6) is -0.251. The summed E-state index contributed by atoms with van der Waals surface area (Å²) in [5.41, 5.74) is 3.67. The molecule has 3 aromatic rings. The van der Waals surface area contributed by atoms with E-state index < -0.39 is 5.97 Å². The van der Waals surface area contributed by atoms with Gasteiger partial charge in [0.15, 0.2) is 0 Å². The summed E-state index contributed by atoms with van der Waals surface area (Å²) in [7, 11) is 0. The van der Waals surface area contributed by atoms with E-state index in [1.54, 1.807) is 12.1 Å². The highest BCUT2D eigenvalue weighted by Gasteiger charge is 2.22. The molecule has 1 aliphatic heterocycles. The van der Waals surface area contributed by atoms with Crippen molar-refractivity contribution >= 4 is 11.7 Å². The van der Waals surface area contributed by atoms with Crippen LogP contribution in [0.1, 0.15) is 42.1 Å². The molecule has 2 N–H and O–H groups in total. The summed E-state index contributed by atoms with van der Waals surface area (Å²) in [6.07, 6.45) is 3.83. The van der Waals surface area contributed by atoms with Crippen molar-refractivity contribution in [2.75, 3.05) is 18.5 Å². The van der Waals surface area contributed by atoms with E-state index in [4.69, 9.17) is 4.74 Å². The SMILES string of the molecule is CC.O=C(O)c1ccncc1NCC1CCOc2cc(-c3ccc(F)cc3)ccc21. The zero-order valence-corrected chi connectivity index (χ0v) is 17.1. The molecule has 1 aromatic heterocycles. The Bertz CT molecular complexity index is 1010. The first-order valence-corrected chi connectivity index (χ1v) is 10.1. The molecule has 6 heteroatoms. The molecule has 30 heavy (non-hydrogen) atoms. The zero-order chi connectivity index (χ0) is 21.5. The Balaban J connectivity index is 0.00000124. The van der Waals surface area contributed by atoms with Crippen molar-refractivity contribution in [3.05, 3.63) is 77.9 Å². The summed E-state index contributed by atoms with van der Waals surface area (Å²) in [4.78, 5) is 15.4. The molecule has 0 radical (unpaired) electrons. The lowest BCUT2D eigenvalue weighted by Gasteiger charge is -2.27. The van der Waals surface area contributed by atoms with Crippen molar-refractivity contribution in [3.8, 4) is 16.9 Å². The number of aromatic nitrogens is 1. The number of carboxylic acids is 1. The third-order valence-electron chi connectivity index (χ3n) is 4.95. The second-order valence-corrected chi connectivity index (χ2v) is 6.70. The average molecular weight is 408 g/mol. The zero-order valence-electron chi connectivity index (χ0n) is 17.1. The Hall–Kier alpha value is -3.41. The Morgan fingerprint density at radius 1 is 1.17 bits per heavy atom. The standard InChI is InChI=1S/C22H19FN2O3.C2H6/c23-17-4-1-14(2-5-17)15-3-6-18-16(8-10-28-21(18)11-15)12-25-20-13-24-9-7-19(20)22(26)27;1-2/h1-7,9,11,13,16,25H,8,10,12H2,(H,26,27);1-2H3. The Morgan fingerprint density at radius 2 is 1.90 bits per heavy atom. The van der Waals surface area contributed by atoms with Crippen LogP contribution in [0, 0.1) is 5.82 Å². The monoisotopic (exact) mass is 408 g/mol. The van der Waals surface area contributed by atoms with Gasteiger partial charge in [0.2, 0.25) is 0 Å². The first kappa shape index (κ1) is 21.3. The lowest BCUT2D eigenvalue weighted by molar-refractivity contribution is 0.0697. The lowest BCUT2D eigenvalue weighted by atomic mass is 9.91. The highest BCUT2D eigenvalue weighted by atomic mass is 19.1. The number of rotatable bonds is 5. The molecule has 0 amide bonds. The lowest BCUT2D eigenvalue weighted by Crippen LogP contribution is -2.21. The minimum atomic E-state index is -0.985. The van der Waals surface area contributed by atoms with E-state index in [0.717, 1.165) is 28.9 Å². The number of aromatic carboxylic acids is 1. The highest BCUT2D eigenvalue weighted by molar-refractivity contribution is 5.93. The van der Waals surface area contributed by atoms with Gasteiger partial charge >= 0.3 is 5.97 Å². The molecule has 0 spiro atoms. The number of pyridine rings is 1. The van der Waals surface area contributed by atoms with E-state index in [0.29, 0.717) is 18.8 Å². The predicted molar refractivity (Wildman–Crippen MR) is 116 cm³/mol. The maximum atomic E-state index is 13.2. The molecule has 0 saturated heterocycles. The van der Waals surface area contributed by atoms with Gasteiger partial charge in [-0.3, -0.25) is 4.98 Å². The number of carbonyl (C=O) groups is 1. The van der Waals surface area contributed by atoms with E-state index in [-0.39, 0.29) is 17.3 Å². The topological polar surface area (TPSA) is 71.5 Å². The van der Waals surface area contributed by atoms with Crippen LogP contribution in [-0.4, -0.2) is 29.2 Å². The summed E-state index contributed by atoms with van der Waals surface area (Å²) in [5, 5.41) is 12.5. The van der Waals surface area contributed by atoms with Gasteiger partial charge in [-0.2, -0.15) is 0 Å². The minimum Gasteiger partial charge on any atom is -0.493 e. The van der Waals surface area contributed by atoms with E-state index in [1.165, 1.54) is 30.6 Å². The largest absolute Gasteiger partial charge is 0.493 e. The normalized spacial score (nSPS) is 14.6. The van der Waals surface area contributed by atoms with Crippen molar-refractivity contribution in [1.82, 2.24) is 4.98 Å². The number of hydrogen-bond acceptors (Lipinski definition) is 4. The van der Waals surface area contributed by atoms with Crippen LogP contribution < -0.4 is 10.1 Å². The highest BCUT2D eigenvalue weighted by Crippen LogP contribution is 2.37. The fourth-order valence-electron chi connectivity index (χ4n) is 3.45. The molecule has 0 aliphatic carbocycles. The molecule has 0 fully saturated rings. The molecule has 2 heterocycles. The molecule has 4 rings (SSSR count). The van der Waals surface area contributed by atoms with Gasteiger partial charge < -0.3 is 15.2 Å². The van der Waals surface area contributed by atoms with Gasteiger partial charge in [-0.05, 0) is 47.4 Å². The number of nitrogens with one attached hydrogen (secondary N) is 1. The van der Waals surface area contributed by atoms with Crippen LogP contribution >= 0.6 is 0 Å². The maximum absolute atomic E-state index is 13.2. The maximum Gasteiger partial charge on any atom is 0.337 e. The Morgan fingerprint density at radius 3 is 2.63 bits per heavy atom. The van der Waals surface area contributed by atoms with Crippen molar-refractivity contribution in [3.63, 3.8) is 0 Å². The summed E-state index contributed by atoms with van der Waals surface area (Å²) in [6.45, 7) is 5.17. The minimum absolute atomic E-state index is 0.188. The number of ether oxygens (including phenoxy) is 1. The molecular weight excluding hydrogens is 383 g/mol. The first-order valence-electron chi connectivity index (χ1n) is 10.1. The van der Waals surface area contributed by atoms with Crippen molar-refractivity contribution in [2.24, 2.45) is 0 Å². The van der Waals surface area contributed by atoms with Gasteiger partial charge in [-0.25, -0.2) is 9.18 Å². The predicted octanol–water partition coefficient (Wildman–Crippen LogP) is 5.59. The number of benzene rings is 2. The fourth-order valence-corrected chi connectivity index (χ4v) is 3.45. The smallest absolute Gasteiger partial charge is 0.337 e. The first-order chi connectivity index (χ1) is 14.6. The van der Waals surface area contributed by atoms with Gasteiger partial charge in [-0.1, -0.05) is 38.1 Å². The number of halogens is 1. The summed E-state index contributed by atoms with van der Waals surface area (Å²) >= 11 is 0. The fraction of sp³-hybridized carbons (Fsp3) is 0.250. The van der Waals surface area contributed by atoms with Crippen LogP contribution in [0.2, 0.25) is 0 Å². The molecule has 2 aromatic carbocycles. The molecule has 1 aliphatic rings. The van der Waals surface area contributed by atoms with Gasteiger partial charge in [-0.15, -0.1) is 0 Å². The molecule has 5 nitrogen and oxygen atoms in total. The van der Waals surface area contributed by atoms with Crippen LogP contribution in [0.4, 0.5) is 10.1 Å². The second kappa shape index (κ2) is 9.87. The van der Waals surface area contributed by atoms with Crippen LogP contribution in [0.3, 0.4) is 0 Å². The van der Waals surface area contributed by atoms with Crippen LogP contribution in [-0.2, 0) is 0 Å². The van der Waals surface area contributed by atoms with Crippen LogP contribution in [0.25, 0.3) is 11.1 Å². The van der Waals surface area contributed by atoms with E-state index in [2.05, 4.69) is 10.3 Å². The quantitative estimate of drug-likeness (QED) is 0.576. The Labute approximate surface area is 175 Å². The third kappa shape index (κ3) is 4.76. The Kier molecular flexibility index (Phi) is 7.01. The van der Waals surface area contributed by atoms with Crippen LogP contribution in [0.15, 0.2) is 60.9 Å². The summed E-state index contributed by atoms with van der Waals surface area (Å²) in [6, 6.07) is 13.9. The third-order valence-corrected chi connectivity index (χ3v) is 4.95. The molecule has 156 valence electrons. The number of anilines is 1. The van der Waals surface area contributed by atoms with Crippen LogP contribution in [0.5, 0.6) is 5.75 Å². The summed E-state index contributed by atoms with van der Waals surface area (Å²) < 4.78 is 19.0. The van der Waals surface area contributed by atoms with Gasteiger partial charge in [0.25, 0.3) is 0 Å². The molecule has 0 saturated carbocycles. The van der Waals surface area contributed by atoms with E-state index in [9.17, 15) is 14.3 Å². The van der Waals surface area contributed by atoms with Gasteiger partial charge in [0.1, 0.15) is 11.6 Å². The molecule has 1 atom stereocenters.